The van der Waals surface area contributed by atoms with Gasteiger partial charge in [-0.1, -0.05) is 6.07 Å². The molecule has 106 valence electrons. The van der Waals surface area contributed by atoms with Crippen molar-refractivity contribution in [3.63, 3.8) is 0 Å². The van der Waals surface area contributed by atoms with Gasteiger partial charge in [-0.25, -0.2) is 8.78 Å². The fourth-order valence-corrected chi connectivity index (χ4v) is 2.27. The van der Waals surface area contributed by atoms with Crippen LogP contribution in [-0.4, -0.2) is 19.1 Å². The topological polar surface area (TPSA) is 44.5 Å². The molecule has 1 aromatic rings. The summed E-state index contributed by atoms with van der Waals surface area (Å²) < 4.78 is 36.7. The van der Waals surface area contributed by atoms with E-state index in [-0.39, 0.29) is 18.9 Å². The van der Waals surface area contributed by atoms with E-state index in [9.17, 15) is 8.78 Å². The summed E-state index contributed by atoms with van der Waals surface area (Å²) in [6, 6.07) is 5.44. The Kier molecular flexibility index (Phi) is 4.24. The molecule has 0 radical (unpaired) electrons. The van der Waals surface area contributed by atoms with Crippen molar-refractivity contribution in [2.24, 2.45) is 0 Å². The van der Waals surface area contributed by atoms with Gasteiger partial charge in [0.1, 0.15) is 5.75 Å². The lowest BCUT2D eigenvalue weighted by Crippen LogP contribution is -2.28. The maximum Gasteiger partial charge on any atom is 0.248 e. The smallest absolute Gasteiger partial charge is 0.248 e. The lowest BCUT2D eigenvalue weighted by Gasteiger charge is -2.28. The number of benzene rings is 1. The maximum atomic E-state index is 13.0. The van der Waals surface area contributed by atoms with Crippen molar-refractivity contribution in [1.82, 2.24) is 0 Å². The molecular formula is C14H19F2NO2. The van der Waals surface area contributed by atoms with Crippen molar-refractivity contribution in [1.29, 1.82) is 0 Å². The number of rotatable bonds is 4. The minimum absolute atomic E-state index is 0.0806. The van der Waals surface area contributed by atoms with Crippen molar-refractivity contribution in [2.45, 2.75) is 44.3 Å². The van der Waals surface area contributed by atoms with Gasteiger partial charge in [-0.05, 0) is 30.5 Å². The Bertz CT molecular complexity index is 427. The summed E-state index contributed by atoms with van der Waals surface area (Å²) in [7, 11) is 1.56. The normalized spacial score (nSPS) is 19.3. The molecule has 0 saturated heterocycles. The van der Waals surface area contributed by atoms with Crippen molar-refractivity contribution >= 4 is 5.69 Å². The molecule has 1 aromatic carbocycles. The molecule has 0 aromatic heterocycles. The number of methoxy groups -OCH3 is 1. The van der Waals surface area contributed by atoms with Crippen LogP contribution in [0.1, 0.15) is 31.2 Å². The van der Waals surface area contributed by atoms with Crippen LogP contribution in [0.4, 0.5) is 14.5 Å². The monoisotopic (exact) mass is 271 g/mol. The van der Waals surface area contributed by atoms with E-state index < -0.39 is 5.92 Å². The van der Waals surface area contributed by atoms with E-state index in [1.165, 1.54) is 0 Å². The average molecular weight is 271 g/mol. The molecule has 3 nitrogen and oxygen atoms in total. The second-order valence-electron chi connectivity index (χ2n) is 4.94. The van der Waals surface area contributed by atoms with Crippen LogP contribution in [0, 0.1) is 0 Å². The minimum atomic E-state index is -2.51. The standard InChI is InChI=1S/C14H19F2NO2/c1-18-13-3-2-10(8-12(13)17)9-19-11-4-6-14(15,16)7-5-11/h2-3,8,11H,4-7,9,17H2,1H3. The third kappa shape index (κ3) is 3.80. The van der Waals surface area contributed by atoms with Crippen LogP contribution in [0.15, 0.2) is 18.2 Å². The number of nitrogens with two attached hydrogens (primary N) is 1. The van der Waals surface area contributed by atoms with E-state index in [0.29, 0.717) is 30.9 Å². The Labute approximate surface area is 111 Å². The van der Waals surface area contributed by atoms with Crippen LogP contribution in [0.5, 0.6) is 5.75 Å². The molecule has 1 fully saturated rings. The van der Waals surface area contributed by atoms with Gasteiger partial charge in [0, 0.05) is 12.8 Å². The third-order valence-corrected chi connectivity index (χ3v) is 3.44. The Morgan fingerprint density at radius 3 is 2.58 bits per heavy atom. The van der Waals surface area contributed by atoms with E-state index in [2.05, 4.69) is 0 Å². The van der Waals surface area contributed by atoms with E-state index in [1.807, 2.05) is 6.07 Å². The minimum Gasteiger partial charge on any atom is -0.495 e. The highest BCUT2D eigenvalue weighted by Crippen LogP contribution is 2.34. The van der Waals surface area contributed by atoms with Crippen LogP contribution < -0.4 is 10.5 Å². The molecule has 0 unspecified atom stereocenters. The fourth-order valence-electron chi connectivity index (χ4n) is 2.27. The van der Waals surface area contributed by atoms with Crippen LogP contribution in [0.25, 0.3) is 0 Å². The molecule has 2 N–H and O–H groups in total. The zero-order valence-electron chi connectivity index (χ0n) is 11.0. The number of nitrogen functional groups attached to an aromatic ring is 1. The summed E-state index contributed by atoms with van der Waals surface area (Å²) >= 11 is 0. The van der Waals surface area contributed by atoms with Crippen molar-refractivity contribution in [3.05, 3.63) is 23.8 Å². The Balaban J connectivity index is 1.84. The molecule has 0 atom stereocenters. The lowest BCUT2D eigenvalue weighted by molar-refractivity contribution is -0.0838. The highest BCUT2D eigenvalue weighted by atomic mass is 19.3. The molecule has 1 saturated carbocycles. The van der Waals surface area contributed by atoms with Crippen molar-refractivity contribution in [2.75, 3.05) is 12.8 Å². The Morgan fingerprint density at radius 1 is 1.32 bits per heavy atom. The van der Waals surface area contributed by atoms with Gasteiger partial charge < -0.3 is 15.2 Å². The number of anilines is 1. The van der Waals surface area contributed by atoms with Gasteiger partial charge in [0.2, 0.25) is 5.92 Å². The quantitative estimate of drug-likeness (QED) is 0.854. The predicted molar refractivity (Wildman–Crippen MR) is 69.4 cm³/mol. The largest absolute Gasteiger partial charge is 0.495 e. The number of ether oxygens (including phenoxy) is 2. The van der Waals surface area contributed by atoms with E-state index >= 15 is 0 Å². The Morgan fingerprint density at radius 2 is 2.00 bits per heavy atom. The number of halogens is 2. The van der Waals surface area contributed by atoms with Crippen LogP contribution in [-0.2, 0) is 11.3 Å². The van der Waals surface area contributed by atoms with E-state index in [1.54, 1.807) is 19.2 Å². The first-order valence-electron chi connectivity index (χ1n) is 6.42. The van der Waals surface area contributed by atoms with Crippen LogP contribution in [0.3, 0.4) is 0 Å². The SMILES string of the molecule is COc1ccc(COC2CCC(F)(F)CC2)cc1N. The Hall–Kier alpha value is -1.36. The molecule has 0 spiro atoms. The number of alkyl halides is 2. The molecule has 0 aliphatic heterocycles. The molecule has 2 rings (SSSR count). The number of hydrogen-bond donors (Lipinski definition) is 1. The van der Waals surface area contributed by atoms with Crippen molar-refractivity contribution < 1.29 is 18.3 Å². The first kappa shape index (κ1) is 14.1. The summed E-state index contributed by atoms with van der Waals surface area (Å²) in [5.41, 5.74) is 7.28. The van der Waals surface area contributed by atoms with E-state index in [0.717, 1.165) is 5.56 Å². The van der Waals surface area contributed by atoms with Gasteiger partial charge in [-0.2, -0.15) is 0 Å². The predicted octanol–water partition coefficient (Wildman–Crippen LogP) is 3.37. The number of hydrogen-bond acceptors (Lipinski definition) is 3. The molecule has 0 bridgehead atoms. The average Bonchev–Trinajstić information content (AvgIpc) is 2.38. The summed E-state index contributed by atoms with van der Waals surface area (Å²) in [6.07, 6.45) is 0.588. The second kappa shape index (κ2) is 5.74. The van der Waals surface area contributed by atoms with Gasteiger partial charge in [-0.15, -0.1) is 0 Å². The second-order valence-corrected chi connectivity index (χ2v) is 4.94. The molecule has 1 aliphatic carbocycles. The van der Waals surface area contributed by atoms with Gasteiger partial charge >= 0.3 is 0 Å². The van der Waals surface area contributed by atoms with Crippen LogP contribution in [0.2, 0.25) is 0 Å². The molecule has 5 heteroatoms. The highest BCUT2D eigenvalue weighted by Gasteiger charge is 2.35. The van der Waals surface area contributed by atoms with Gasteiger partial charge in [0.05, 0.1) is 25.5 Å². The maximum absolute atomic E-state index is 13.0. The molecular weight excluding hydrogens is 252 g/mol. The molecule has 19 heavy (non-hydrogen) atoms. The van der Waals surface area contributed by atoms with Gasteiger partial charge in [-0.3, -0.25) is 0 Å². The summed E-state index contributed by atoms with van der Waals surface area (Å²) in [5.74, 6) is -1.88. The molecule has 0 amide bonds. The molecule has 1 aliphatic rings. The zero-order chi connectivity index (χ0) is 13.9. The summed E-state index contributed by atoms with van der Waals surface area (Å²) in [6.45, 7) is 0.393. The fraction of sp³-hybridized carbons (Fsp3) is 0.571. The third-order valence-electron chi connectivity index (χ3n) is 3.44. The first-order valence-corrected chi connectivity index (χ1v) is 6.42. The van der Waals surface area contributed by atoms with Gasteiger partial charge in [0.15, 0.2) is 0 Å². The van der Waals surface area contributed by atoms with E-state index in [4.69, 9.17) is 15.2 Å². The first-order chi connectivity index (χ1) is 9.00. The lowest BCUT2D eigenvalue weighted by atomic mass is 9.94. The van der Waals surface area contributed by atoms with Crippen LogP contribution >= 0.6 is 0 Å². The summed E-state index contributed by atoms with van der Waals surface area (Å²) in [4.78, 5) is 0. The summed E-state index contributed by atoms with van der Waals surface area (Å²) in [5, 5.41) is 0. The van der Waals surface area contributed by atoms with Gasteiger partial charge in [0.25, 0.3) is 0 Å². The zero-order valence-corrected chi connectivity index (χ0v) is 11.0. The highest BCUT2D eigenvalue weighted by molar-refractivity contribution is 5.54. The molecule has 0 heterocycles. The van der Waals surface area contributed by atoms with Crippen molar-refractivity contribution in [3.8, 4) is 5.75 Å².